The number of hydrogen-bond donors (Lipinski definition) is 3. The van der Waals surface area contributed by atoms with E-state index in [4.69, 9.17) is 0 Å². The van der Waals surface area contributed by atoms with Gasteiger partial charge in [0.2, 0.25) is 0 Å². The summed E-state index contributed by atoms with van der Waals surface area (Å²) in [6.07, 6.45) is 5.18. The molecule has 2 aromatic rings. The van der Waals surface area contributed by atoms with E-state index in [2.05, 4.69) is 26.6 Å². The van der Waals surface area contributed by atoms with Crippen molar-refractivity contribution < 1.29 is 4.79 Å². The van der Waals surface area contributed by atoms with Gasteiger partial charge in [-0.25, -0.2) is 0 Å². The summed E-state index contributed by atoms with van der Waals surface area (Å²) in [7, 11) is 0. The molecule has 4 rings (SSSR count). The Bertz CT molecular complexity index is 726. The van der Waals surface area contributed by atoms with E-state index >= 15 is 0 Å². The van der Waals surface area contributed by atoms with Gasteiger partial charge in [0.1, 0.15) is 5.69 Å². The zero-order valence-electron chi connectivity index (χ0n) is 14.0. The topological polar surface area (TPSA) is 58.1 Å². The normalized spacial score (nSPS) is 16.2. The third kappa shape index (κ3) is 4.11. The molecule has 1 aromatic carbocycles. The summed E-state index contributed by atoms with van der Waals surface area (Å²) in [4.78, 5) is 12.7. The van der Waals surface area contributed by atoms with Crippen LogP contribution in [-0.4, -0.2) is 30.1 Å². The number of carbonyl (C=O) groups excluding carboxylic acids is 1. The second-order valence-electron chi connectivity index (χ2n) is 6.28. The average molecular weight is 383 g/mol. The predicted octanol–water partition coefficient (Wildman–Crippen LogP) is 3.48. The molecule has 3 N–H and O–H groups in total. The van der Waals surface area contributed by atoms with Gasteiger partial charge in [-0.1, -0.05) is 0 Å². The second-order valence-corrected chi connectivity index (χ2v) is 6.28. The van der Waals surface area contributed by atoms with Crippen molar-refractivity contribution in [2.45, 2.75) is 25.3 Å². The van der Waals surface area contributed by atoms with E-state index in [-0.39, 0.29) is 30.7 Å². The molecule has 136 valence electrons. The van der Waals surface area contributed by atoms with Crippen molar-refractivity contribution in [3.05, 3.63) is 47.8 Å². The van der Waals surface area contributed by atoms with Gasteiger partial charge in [0.05, 0.1) is 0 Å². The number of anilines is 2. The fraction of sp³-hybridized carbons (Fsp3) is 0.389. The summed E-state index contributed by atoms with van der Waals surface area (Å²) in [5, 5.41) is 9.76. The molecule has 2 aliphatic rings. The fourth-order valence-electron chi connectivity index (χ4n) is 3.57. The summed E-state index contributed by atoms with van der Waals surface area (Å²) in [5.41, 5.74) is 4.07. The first kappa shape index (κ1) is 19.6. The third-order valence-corrected chi connectivity index (χ3v) is 4.79. The van der Waals surface area contributed by atoms with Crippen molar-refractivity contribution in [1.82, 2.24) is 9.88 Å². The van der Waals surface area contributed by atoms with Gasteiger partial charge in [-0.3, -0.25) is 4.79 Å². The van der Waals surface area contributed by atoms with Gasteiger partial charge in [-0.15, -0.1) is 24.8 Å². The number of rotatable bonds is 3. The van der Waals surface area contributed by atoms with Crippen molar-refractivity contribution in [3.8, 4) is 0 Å². The molecular weight excluding hydrogens is 359 g/mol. The summed E-state index contributed by atoms with van der Waals surface area (Å²) in [6, 6.07) is 10.4. The Morgan fingerprint density at radius 2 is 1.92 bits per heavy atom. The lowest BCUT2D eigenvalue weighted by molar-refractivity contribution is 0.101. The van der Waals surface area contributed by atoms with Crippen molar-refractivity contribution in [2.75, 3.05) is 30.3 Å². The molecule has 1 fully saturated rings. The zero-order chi connectivity index (χ0) is 15.6. The average Bonchev–Trinajstić information content (AvgIpc) is 3.24. The quantitative estimate of drug-likeness (QED) is 0.761. The van der Waals surface area contributed by atoms with Crippen molar-refractivity contribution in [1.29, 1.82) is 0 Å². The van der Waals surface area contributed by atoms with Crippen molar-refractivity contribution in [2.24, 2.45) is 0 Å². The van der Waals surface area contributed by atoms with Crippen LogP contribution in [0.2, 0.25) is 0 Å². The Balaban J connectivity index is 0.00000113. The number of fused-ring (bicyclic) bond motifs is 1. The van der Waals surface area contributed by atoms with E-state index in [1.807, 2.05) is 30.5 Å². The molecule has 25 heavy (non-hydrogen) atoms. The Hall–Kier alpha value is -1.69. The lowest BCUT2D eigenvalue weighted by atomic mass is 10.1. The number of nitrogens with one attached hydrogen (secondary N) is 3. The van der Waals surface area contributed by atoms with Crippen LogP contribution >= 0.6 is 24.8 Å². The Labute approximate surface area is 160 Å². The first-order chi connectivity index (χ1) is 11.3. The smallest absolute Gasteiger partial charge is 0.272 e. The van der Waals surface area contributed by atoms with E-state index < -0.39 is 0 Å². The van der Waals surface area contributed by atoms with Gasteiger partial charge in [0, 0.05) is 30.2 Å². The molecule has 7 heteroatoms. The van der Waals surface area contributed by atoms with Crippen LogP contribution in [0.5, 0.6) is 0 Å². The number of halogens is 2. The number of carbonyl (C=O) groups is 1. The van der Waals surface area contributed by atoms with Gasteiger partial charge in [-0.05, 0) is 68.2 Å². The first-order valence-electron chi connectivity index (χ1n) is 8.37. The molecule has 2 aliphatic heterocycles. The van der Waals surface area contributed by atoms with E-state index in [0.29, 0.717) is 6.04 Å². The summed E-state index contributed by atoms with van der Waals surface area (Å²) in [6.45, 7) is 3.01. The van der Waals surface area contributed by atoms with Crippen LogP contribution in [0.1, 0.15) is 34.9 Å². The maximum Gasteiger partial charge on any atom is 0.272 e. The van der Waals surface area contributed by atoms with Gasteiger partial charge in [-0.2, -0.15) is 0 Å². The minimum Gasteiger partial charge on any atom is -0.384 e. The standard InChI is InChI=1S/C18H22N4O.2ClH/c23-18(21-14-3-4-16-13(12-14)5-10-20-16)17-2-1-11-22(17)15-6-8-19-9-7-15;;/h1-4,11-12,15,19-20H,5-10H2,(H,21,23);2*1H. The minimum atomic E-state index is -0.0283. The Morgan fingerprint density at radius 1 is 1.12 bits per heavy atom. The highest BCUT2D eigenvalue weighted by molar-refractivity contribution is 6.03. The molecule has 0 bridgehead atoms. The van der Waals surface area contributed by atoms with Crippen LogP contribution in [0, 0.1) is 0 Å². The van der Waals surface area contributed by atoms with Gasteiger partial charge >= 0.3 is 0 Å². The third-order valence-electron chi connectivity index (χ3n) is 4.79. The number of piperidine rings is 1. The molecule has 0 spiro atoms. The molecule has 1 amide bonds. The molecule has 5 nitrogen and oxygen atoms in total. The molecule has 1 saturated heterocycles. The maximum atomic E-state index is 12.7. The molecule has 3 heterocycles. The highest BCUT2D eigenvalue weighted by Gasteiger charge is 2.20. The summed E-state index contributed by atoms with van der Waals surface area (Å²) >= 11 is 0. The van der Waals surface area contributed by atoms with Crippen LogP contribution in [-0.2, 0) is 6.42 Å². The Kier molecular flexibility index (Phi) is 6.76. The predicted molar refractivity (Wildman–Crippen MR) is 107 cm³/mol. The lowest BCUT2D eigenvalue weighted by Gasteiger charge is -2.26. The van der Waals surface area contributed by atoms with Crippen molar-refractivity contribution >= 4 is 42.1 Å². The fourth-order valence-corrected chi connectivity index (χ4v) is 3.57. The second kappa shape index (κ2) is 8.61. The van der Waals surface area contributed by atoms with Crippen LogP contribution in [0.15, 0.2) is 36.5 Å². The van der Waals surface area contributed by atoms with Crippen LogP contribution < -0.4 is 16.0 Å². The lowest BCUT2D eigenvalue weighted by Crippen LogP contribution is -2.31. The van der Waals surface area contributed by atoms with Crippen LogP contribution in [0.25, 0.3) is 0 Å². The number of amides is 1. The summed E-state index contributed by atoms with van der Waals surface area (Å²) in [5.74, 6) is -0.0283. The molecule has 0 radical (unpaired) electrons. The first-order valence-corrected chi connectivity index (χ1v) is 8.37. The van der Waals surface area contributed by atoms with Crippen LogP contribution in [0.3, 0.4) is 0 Å². The number of aromatic nitrogens is 1. The molecular formula is C18H24Cl2N4O. The minimum absolute atomic E-state index is 0. The highest BCUT2D eigenvalue weighted by Crippen LogP contribution is 2.26. The molecule has 0 aliphatic carbocycles. The molecule has 0 saturated carbocycles. The highest BCUT2D eigenvalue weighted by atomic mass is 35.5. The largest absolute Gasteiger partial charge is 0.384 e. The number of hydrogen-bond acceptors (Lipinski definition) is 3. The van der Waals surface area contributed by atoms with E-state index in [1.54, 1.807) is 0 Å². The van der Waals surface area contributed by atoms with Gasteiger partial charge in [0.15, 0.2) is 0 Å². The van der Waals surface area contributed by atoms with E-state index in [0.717, 1.165) is 50.3 Å². The molecule has 1 aromatic heterocycles. The monoisotopic (exact) mass is 382 g/mol. The van der Waals surface area contributed by atoms with E-state index in [1.165, 1.54) is 11.3 Å². The van der Waals surface area contributed by atoms with Gasteiger partial charge < -0.3 is 20.5 Å². The number of nitrogens with zero attached hydrogens (tertiary/aromatic N) is 1. The van der Waals surface area contributed by atoms with Gasteiger partial charge in [0.25, 0.3) is 5.91 Å². The number of benzene rings is 1. The van der Waals surface area contributed by atoms with Crippen molar-refractivity contribution in [3.63, 3.8) is 0 Å². The van der Waals surface area contributed by atoms with Crippen LogP contribution in [0.4, 0.5) is 11.4 Å². The molecule has 0 unspecified atom stereocenters. The molecule has 0 atom stereocenters. The maximum absolute atomic E-state index is 12.7. The summed E-state index contributed by atoms with van der Waals surface area (Å²) < 4.78 is 2.13. The zero-order valence-corrected chi connectivity index (χ0v) is 15.6. The Morgan fingerprint density at radius 3 is 2.72 bits per heavy atom. The van der Waals surface area contributed by atoms with E-state index in [9.17, 15) is 4.79 Å². The SMILES string of the molecule is Cl.Cl.O=C(Nc1ccc2c(c1)CCN2)c1cccn1C1CCNCC1.